The van der Waals surface area contributed by atoms with Crippen LogP contribution in [-0.2, 0) is 0 Å². The van der Waals surface area contributed by atoms with Crippen LogP contribution in [0.5, 0.6) is 0 Å². The number of nitrogens with one attached hydrogen (secondary N) is 1. The van der Waals surface area contributed by atoms with Gasteiger partial charge in [0, 0.05) is 6.04 Å². The van der Waals surface area contributed by atoms with E-state index in [4.69, 9.17) is 5.84 Å². The predicted octanol–water partition coefficient (Wildman–Crippen LogP) is 3.62. The van der Waals surface area contributed by atoms with Crippen LogP contribution in [0.25, 0.3) is 0 Å². The molecular weight excluding hydrogens is 208 g/mol. The Morgan fingerprint density at radius 1 is 1.12 bits per heavy atom. The van der Waals surface area contributed by atoms with Crippen molar-refractivity contribution in [3.05, 3.63) is 0 Å². The first-order chi connectivity index (χ1) is 8.18. The largest absolute Gasteiger partial charge is 0.271 e. The monoisotopic (exact) mass is 238 g/mol. The van der Waals surface area contributed by atoms with Crippen LogP contribution in [0.2, 0.25) is 0 Å². The normalized spacial score (nSPS) is 26.8. The number of hydrogen-bond donors (Lipinski definition) is 2. The molecule has 0 radical (unpaired) electrons. The summed E-state index contributed by atoms with van der Waals surface area (Å²) in [6.45, 7) is 4.73. The molecule has 0 aromatic carbocycles. The van der Waals surface area contributed by atoms with Gasteiger partial charge in [-0.3, -0.25) is 11.3 Å². The Morgan fingerprint density at radius 2 is 1.71 bits per heavy atom. The Kier molecular flexibility index (Phi) is 4.48. The van der Waals surface area contributed by atoms with Crippen molar-refractivity contribution in [3.8, 4) is 0 Å². The van der Waals surface area contributed by atoms with E-state index in [2.05, 4.69) is 19.3 Å². The van der Waals surface area contributed by atoms with E-state index >= 15 is 0 Å². The van der Waals surface area contributed by atoms with Crippen molar-refractivity contribution in [1.29, 1.82) is 0 Å². The molecule has 2 fully saturated rings. The lowest BCUT2D eigenvalue weighted by Gasteiger charge is -2.42. The fraction of sp³-hybridized carbons (Fsp3) is 1.00. The van der Waals surface area contributed by atoms with Crippen molar-refractivity contribution in [2.45, 2.75) is 77.7 Å². The minimum absolute atomic E-state index is 0.512. The first-order valence-electron chi connectivity index (χ1n) is 7.64. The zero-order valence-electron chi connectivity index (χ0n) is 11.7. The molecule has 0 aromatic rings. The van der Waals surface area contributed by atoms with Gasteiger partial charge in [-0.1, -0.05) is 39.5 Å². The van der Waals surface area contributed by atoms with Gasteiger partial charge in [0.25, 0.3) is 0 Å². The van der Waals surface area contributed by atoms with E-state index < -0.39 is 0 Å². The minimum Gasteiger partial charge on any atom is -0.271 e. The molecule has 1 atom stereocenters. The van der Waals surface area contributed by atoms with Gasteiger partial charge in [0.15, 0.2) is 0 Å². The second-order valence-electron chi connectivity index (χ2n) is 6.86. The highest BCUT2D eigenvalue weighted by Crippen LogP contribution is 2.49. The molecule has 0 amide bonds. The fourth-order valence-corrected chi connectivity index (χ4v) is 4.64. The molecule has 17 heavy (non-hydrogen) atoms. The van der Waals surface area contributed by atoms with Crippen molar-refractivity contribution in [3.63, 3.8) is 0 Å². The molecule has 3 N–H and O–H groups in total. The van der Waals surface area contributed by atoms with Crippen molar-refractivity contribution in [2.75, 3.05) is 0 Å². The van der Waals surface area contributed by atoms with Crippen molar-refractivity contribution < 1.29 is 0 Å². The molecule has 0 saturated heterocycles. The number of rotatable bonds is 5. The lowest BCUT2D eigenvalue weighted by atomic mass is 9.68. The molecule has 2 saturated carbocycles. The zero-order valence-corrected chi connectivity index (χ0v) is 11.7. The Hall–Kier alpha value is -0.0800. The molecule has 2 aliphatic rings. The van der Waals surface area contributed by atoms with E-state index in [1.807, 2.05) is 0 Å². The van der Waals surface area contributed by atoms with Gasteiger partial charge in [-0.05, 0) is 49.4 Å². The van der Waals surface area contributed by atoms with E-state index in [-0.39, 0.29) is 0 Å². The first-order valence-corrected chi connectivity index (χ1v) is 7.64. The van der Waals surface area contributed by atoms with E-state index in [0.717, 1.165) is 11.8 Å². The molecule has 2 rings (SSSR count). The second-order valence-corrected chi connectivity index (χ2v) is 6.86. The second kappa shape index (κ2) is 5.71. The lowest BCUT2D eigenvalue weighted by Crippen LogP contribution is -2.51. The molecule has 1 unspecified atom stereocenters. The smallest absolute Gasteiger partial charge is 0.0295 e. The summed E-state index contributed by atoms with van der Waals surface area (Å²) in [7, 11) is 0. The Morgan fingerprint density at radius 3 is 2.18 bits per heavy atom. The van der Waals surface area contributed by atoms with Crippen LogP contribution in [0.4, 0.5) is 0 Å². The average Bonchev–Trinajstić information content (AvgIpc) is 2.90. The van der Waals surface area contributed by atoms with Gasteiger partial charge in [-0.15, -0.1) is 0 Å². The molecule has 0 bridgehead atoms. The third-order valence-electron chi connectivity index (χ3n) is 5.12. The maximum atomic E-state index is 5.94. The summed E-state index contributed by atoms with van der Waals surface area (Å²) < 4.78 is 0. The molecule has 0 aromatic heterocycles. The molecule has 2 heteroatoms. The van der Waals surface area contributed by atoms with E-state index in [9.17, 15) is 0 Å². The van der Waals surface area contributed by atoms with E-state index in [1.165, 1.54) is 57.8 Å². The highest BCUT2D eigenvalue weighted by molar-refractivity contribution is 4.98. The van der Waals surface area contributed by atoms with Gasteiger partial charge < -0.3 is 0 Å². The highest BCUT2D eigenvalue weighted by atomic mass is 15.2. The predicted molar refractivity (Wildman–Crippen MR) is 73.4 cm³/mol. The van der Waals surface area contributed by atoms with Crippen LogP contribution in [0.15, 0.2) is 0 Å². The van der Waals surface area contributed by atoms with Crippen LogP contribution < -0.4 is 11.3 Å². The Balaban J connectivity index is 2.11. The molecule has 0 heterocycles. The van der Waals surface area contributed by atoms with Crippen LogP contribution in [0.3, 0.4) is 0 Å². The summed E-state index contributed by atoms with van der Waals surface area (Å²) >= 11 is 0. The van der Waals surface area contributed by atoms with Gasteiger partial charge >= 0.3 is 0 Å². The van der Waals surface area contributed by atoms with Gasteiger partial charge in [0.05, 0.1) is 0 Å². The summed E-state index contributed by atoms with van der Waals surface area (Å²) in [4.78, 5) is 0. The Labute approximate surface area is 107 Å². The zero-order chi connectivity index (χ0) is 12.3. The minimum atomic E-state index is 0.512. The fourth-order valence-electron chi connectivity index (χ4n) is 4.64. The summed E-state index contributed by atoms with van der Waals surface area (Å²) in [5.74, 6) is 7.58. The lowest BCUT2D eigenvalue weighted by molar-refractivity contribution is 0.111. The number of nitrogens with two attached hydrogens (primary N) is 1. The van der Waals surface area contributed by atoms with Gasteiger partial charge in [-0.25, -0.2) is 0 Å². The van der Waals surface area contributed by atoms with Gasteiger partial charge in [0.2, 0.25) is 0 Å². The van der Waals surface area contributed by atoms with Crippen LogP contribution in [0.1, 0.15) is 71.6 Å². The van der Waals surface area contributed by atoms with Gasteiger partial charge in [0.1, 0.15) is 0 Å². The van der Waals surface area contributed by atoms with E-state index in [0.29, 0.717) is 11.5 Å². The molecule has 0 spiro atoms. The average molecular weight is 238 g/mol. The molecule has 0 aliphatic heterocycles. The quantitative estimate of drug-likeness (QED) is 0.567. The summed E-state index contributed by atoms with van der Waals surface area (Å²) in [6.07, 6.45) is 12.6. The SMILES string of the molecule is CC(C)CC1(C(NN)C2CCCC2)CCCC1. The number of hydrazine groups is 1. The molecule has 2 aliphatic carbocycles. The topological polar surface area (TPSA) is 38.0 Å². The Bertz CT molecular complexity index is 225. The maximum absolute atomic E-state index is 5.94. The summed E-state index contributed by atoms with van der Waals surface area (Å²) in [5, 5.41) is 0. The molecule has 100 valence electrons. The van der Waals surface area contributed by atoms with Crippen LogP contribution >= 0.6 is 0 Å². The van der Waals surface area contributed by atoms with Crippen molar-refractivity contribution >= 4 is 0 Å². The van der Waals surface area contributed by atoms with E-state index in [1.54, 1.807) is 0 Å². The highest BCUT2D eigenvalue weighted by Gasteiger charge is 2.44. The summed E-state index contributed by atoms with van der Waals surface area (Å²) in [5.41, 5.74) is 3.74. The summed E-state index contributed by atoms with van der Waals surface area (Å²) in [6, 6.07) is 0.579. The maximum Gasteiger partial charge on any atom is 0.0295 e. The number of hydrogen-bond acceptors (Lipinski definition) is 2. The van der Waals surface area contributed by atoms with Crippen LogP contribution in [0, 0.1) is 17.3 Å². The van der Waals surface area contributed by atoms with Gasteiger partial charge in [-0.2, -0.15) is 0 Å². The standard InChI is InChI=1S/C15H30N2/c1-12(2)11-15(9-5-6-10-15)14(17-16)13-7-3-4-8-13/h12-14,17H,3-11,16H2,1-2H3. The third-order valence-corrected chi connectivity index (χ3v) is 5.12. The first kappa shape index (κ1) is 13.4. The third kappa shape index (κ3) is 2.85. The molecule has 2 nitrogen and oxygen atoms in total. The van der Waals surface area contributed by atoms with Crippen molar-refractivity contribution in [2.24, 2.45) is 23.1 Å². The van der Waals surface area contributed by atoms with Crippen LogP contribution in [-0.4, -0.2) is 6.04 Å². The van der Waals surface area contributed by atoms with Crippen molar-refractivity contribution in [1.82, 2.24) is 5.43 Å². The molecular formula is C15H30N2.